The van der Waals surface area contributed by atoms with E-state index in [0.29, 0.717) is 6.54 Å². The average molecular weight is 171 g/mol. The minimum atomic E-state index is 0.240. The molecule has 70 valence electrons. The minimum Gasteiger partial charge on any atom is -0.377 e. The van der Waals surface area contributed by atoms with Crippen LogP contribution in [0.25, 0.3) is 0 Å². The number of rotatable bonds is 2. The van der Waals surface area contributed by atoms with E-state index >= 15 is 0 Å². The van der Waals surface area contributed by atoms with Gasteiger partial charge in [-0.3, -0.25) is 9.69 Å². The smallest absolute Gasteiger partial charge is 0.143 e. The zero-order valence-corrected chi connectivity index (χ0v) is 7.88. The van der Waals surface area contributed by atoms with Gasteiger partial charge in [0.1, 0.15) is 5.78 Å². The molecule has 0 N–H and O–H groups in total. The lowest BCUT2D eigenvalue weighted by Crippen LogP contribution is -2.33. The molecule has 12 heavy (non-hydrogen) atoms. The Balaban J connectivity index is 2.35. The molecule has 1 unspecified atom stereocenters. The molecule has 3 nitrogen and oxygen atoms in total. The Hall–Kier alpha value is -0.410. The molecule has 1 saturated heterocycles. The van der Waals surface area contributed by atoms with Crippen LogP contribution in [0.15, 0.2) is 0 Å². The summed E-state index contributed by atoms with van der Waals surface area (Å²) in [7, 11) is 0. The fraction of sp³-hybridized carbons (Fsp3) is 0.889. The van der Waals surface area contributed by atoms with Crippen LogP contribution >= 0.6 is 0 Å². The van der Waals surface area contributed by atoms with E-state index in [0.717, 1.165) is 26.1 Å². The van der Waals surface area contributed by atoms with Crippen LogP contribution in [0, 0.1) is 0 Å². The number of nitrogens with zero attached hydrogens (tertiary/aromatic N) is 1. The summed E-state index contributed by atoms with van der Waals surface area (Å²) < 4.78 is 5.46. The van der Waals surface area contributed by atoms with Gasteiger partial charge in [-0.1, -0.05) is 0 Å². The Morgan fingerprint density at radius 3 is 3.08 bits per heavy atom. The Morgan fingerprint density at radius 1 is 1.67 bits per heavy atom. The van der Waals surface area contributed by atoms with Crippen molar-refractivity contribution < 1.29 is 9.53 Å². The van der Waals surface area contributed by atoms with Crippen molar-refractivity contribution in [2.24, 2.45) is 0 Å². The van der Waals surface area contributed by atoms with E-state index in [9.17, 15) is 4.79 Å². The highest BCUT2D eigenvalue weighted by atomic mass is 16.5. The van der Waals surface area contributed by atoms with E-state index in [1.807, 2.05) is 0 Å². The van der Waals surface area contributed by atoms with Gasteiger partial charge < -0.3 is 4.74 Å². The number of hydrogen-bond acceptors (Lipinski definition) is 3. The molecule has 1 atom stereocenters. The fourth-order valence-electron chi connectivity index (χ4n) is 1.54. The van der Waals surface area contributed by atoms with Crippen LogP contribution in [0.4, 0.5) is 0 Å². The highest BCUT2D eigenvalue weighted by Crippen LogP contribution is 2.04. The molecule has 0 radical (unpaired) electrons. The molecule has 0 aromatic heterocycles. The summed E-state index contributed by atoms with van der Waals surface area (Å²) >= 11 is 0. The molecule has 0 amide bonds. The maximum absolute atomic E-state index is 10.8. The summed E-state index contributed by atoms with van der Waals surface area (Å²) in [6.45, 7) is 6.97. The van der Waals surface area contributed by atoms with Crippen molar-refractivity contribution in [3.63, 3.8) is 0 Å². The van der Waals surface area contributed by atoms with Crippen molar-refractivity contribution in [3.8, 4) is 0 Å². The number of Topliss-reactive ketones (excluding diaryl/α,β-unsaturated/α-hetero) is 1. The van der Waals surface area contributed by atoms with Gasteiger partial charge in [0.25, 0.3) is 0 Å². The van der Waals surface area contributed by atoms with Crippen molar-refractivity contribution in [1.82, 2.24) is 4.90 Å². The topological polar surface area (TPSA) is 29.5 Å². The first-order valence-corrected chi connectivity index (χ1v) is 4.52. The summed E-state index contributed by atoms with van der Waals surface area (Å²) in [5.74, 6) is 0.240. The first-order chi connectivity index (χ1) is 5.68. The summed E-state index contributed by atoms with van der Waals surface area (Å²) in [6, 6.07) is 0. The Morgan fingerprint density at radius 2 is 2.42 bits per heavy atom. The lowest BCUT2D eigenvalue weighted by atomic mass is 10.3. The van der Waals surface area contributed by atoms with Crippen LogP contribution in [-0.4, -0.2) is 43.0 Å². The molecule has 0 aromatic rings. The van der Waals surface area contributed by atoms with Crippen LogP contribution in [0.2, 0.25) is 0 Å². The lowest BCUT2D eigenvalue weighted by Gasteiger charge is -2.19. The summed E-state index contributed by atoms with van der Waals surface area (Å²) in [5, 5.41) is 0. The third-order valence-electron chi connectivity index (χ3n) is 1.98. The van der Waals surface area contributed by atoms with Gasteiger partial charge in [-0.2, -0.15) is 0 Å². The van der Waals surface area contributed by atoms with Crippen LogP contribution in [0.5, 0.6) is 0 Å². The molecule has 1 heterocycles. The third-order valence-corrected chi connectivity index (χ3v) is 1.98. The van der Waals surface area contributed by atoms with Gasteiger partial charge in [-0.05, 0) is 20.3 Å². The largest absolute Gasteiger partial charge is 0.377 e. The van der Waals surface area contributed by atoms with Crippen molar-refractivity contribution in [3.05, 3.63) is 0 Å². The molecule has 0 aromatic carbocycles. The van der Waals surface area contributed by atoms with Gasteiger partial charge in [0.15, 0.2) is 0 Å². The third kappa shape index (κ3) is 3.32. The van der Waals surface area contributed by atoms with Crippen LogP contribution in [0.1, 0.15) is 20.3 Å². The van der Waals surface area contributed by atoms with Crippen LogP contribution < -0.4 is 0 Å². The average Bonchev–Trinajstić information content (AvgIpc) is 2.12. The molecule has 1 rings (SSSR count). The zero-order chi connectivity index (χ0) is 8.97. The fourth-order valence-corrected chi connectivity index (χ4v) is 1.54. The van der Waals surface area contributed by atoms with Crippen LogP contribution in [-0.2, 0) is 9.53 Å². The highest BCUT2D eigenvalue weighted by Gasteiger charge is 2.15. The van der Waals surface area contributed by atoms with Crippen molar-refractivity contribution >= 4 is 5.78 Å². The van der Waals surface area contributed by atoms with E-state index in [2.05, 4.69) is 11.8 Å². The van der Waals surface area contributed by atoms with E-state index in [-0.39, 0.29) is 11.9 Å². The lowest BCUT2D eigenvalue weighted by molar-refractivity contribution is -0.118. The van der Waals surface area contributed by atoms with Crippen molar-refractivity contribution in [1.29, 1.82) is 0 Å². The second-order valence-electron chi connectivity index (χ2n) is 3.47. The molecule has 1 fully saturated rings. The van der Waals surface area contributed by atoms with Crippen molar-refractivity contribution in [2.45, 2.75) is 26.4 Å². The second kappa shape index (κ2) is 4.58. The maximum Gasteiger partial charge on any atom is 0.143 e. The van der Waals surface area contributed by atoms with Crippen molar-refractivity contribution in [2.75, 3.05) is 26.2 Å². The second-order valence-corrected chi connectivity index (χ2v) is 3.47. The van der Waals surface area contributed by atoms with E-state index in [1.54, 1.807) is 6.92 Å². The Labute approximate surface area is 73.7 Å². The van der Waals surface area contributed by atoms with E-state index < -0.39 is 0 Å². The van der Waals surface area contributed by atoms with Gasteiger partial charge >= 0.3 is 0 Å². The predicted molar refractivity (Wildman–Crippen MR) is 47.2 cm³/mol. The number of ketones is 1. The molecule has 1 aliphatic rings. The van der Waals surface area contributed by atoms with Gasteiger partial charge in [0.05, 0.1) is 12.6 Å². The standard InChI is InChI=1S/C9H17NO2/c1-8(11)6-10-4-3-5-12-9(2)7-10/h9H,3-7H2,1-2H3. The monoisotopic (exact) mass is 171 g/mol. The first-order valence-electron chi connectivity index (χ1n) is 4.52. The first kappa shape index (κ1) is 9.68. The predicted octanol–water partition coefficient (Wildman–Crippen LogP) is 0.686. The molecule has 0 bridgehead atoms. The van der Waals surface area contributed by atoms with Gasteiger partial charge in [-0.25, -0.2) is 0 Å². The number of carbonyl (C=O) groups is 1. The van der Waals surface area contributed by atoms with Gasteiger partial charge in [0.2, 0.25) is 0 Å². The summed E-state index contributed by atoms with van der Waals surface area (Å²) in [6.07, 6.45) is 1.31. The maximum atomic E-state index is 10.8. The number of ether oxygens (including phenoxy) is 1. The Bertz CT molecular complexity index is 159. The zero-order valence-electron chi connectivity index (χ0n) is 7.88. The normalized spacial score (nSPS) is 26.7. The summed E-state index contributed by atoms with van der Waals surface area (Å²) in [4.78, 5) is 13.0. The summed E-state index contributed by atoms with van der Waals surface area (Å²) in [5.41, 5.74) is 0. The van der Waals surface area contributed by atoms with Gasteiger partial charge in [-0.15, -0.1) is 0 Å². The molecule has 0 aliphatic carbocycles. The quantitative estimate of drug-likeness (QED) is 0.612. The number of carbonyl (C=O) groups excluding carboxylic acids is 1. The SMILES string of the molecule is CC(=O)CN1CCCOC(C)C1. The van der Waals surface area contributed by atoms with E-state index in [4.69, 9.17) is 4.74 Å². The molecule has 0 saturated carbocycles. The highest BCUT2D eigenvalue weighted by molar-refractivity contribution is 5.77. The molecule has 1 aliphatic heterocycles. The molecule has 3 heteroatoms. The van der Waals surface area contributed by atoms with E-state index in [1.165, 1.54) is 0 Å². The molecular formula is C9H17NO2. The minimum absolute atomic E-state index is 0.240. The molecular weight excluding hydrogens is 154 g/mol. The Kier molecular flexibility index (Phi) is 3.69. The molecule has 0 spiro atoms. The number of hydrogen-bond donors (Lipinski definition) is 0. The van der Waals surface area contributed by atoms with Gasteiger partial charge in [0, 0.05) is 19.7 Å². The van der Waals surface area contributed by atoms with Crippen LogP contribution in [0.3, 0.4) is 0 Å².